The van der Waals surface area contributed by atoms with Crippen LogP contribution in [0.15, 0.2) is 85.3 Å². The van der Waals surface area contributed by atoms with Crippen LogP contribution in [0.5, 0.6) is 0 Å². The molecule has 0 radical (unpaired) electrons. The third-order valence-electron chi connectivity index (χ3n) is 5.45. The van der Waals surface area contributed by atoms with Crippen LogP contribution in [0.4, 0.5) is 0 Å². The summed E-state index contributed by atoms with van der Waals surface area (Å²) in [6.07, 6.45) is 5.91. The number of hydrogen-bond donors (Lipinski definition) is 1. The predicted molar refractivity (Wildman–Crippen MR) is 121 cm³/mol. The zero-order chi connectivity index (χ0) is 21.5. The van der Waals surface area contributed by atoms with Gasteiger partial charge in [0.05, 0.1) is 19.0 Å². The largest absolute Gasteiger partial charge is 0.476 e. The van der Waals surface area contributed by atoms with Crippen LogP contribution in [-0.2, 0) is 24.3 Å². The zero-order valence-electron chi connectivity index (χ0n) is 17.4. The molecule has 158 valence electrons. The SMILES string of the molecule is O=C(O)c1cn(C[C@H](CCCc2cccc3ccccc23)OCc2ccccc2)cn1. The van der Waals surface area contributed by atoms with Crippen molar-refractivity contribution in [3.63, 3.8) is 0 Å². The number of aryl methyl sites for hydroxylation is 1. The van der Waals surface area contributed by atoms with E-state index in [-0.39, 0.29) is 11.8 Å². The van der Waals surface area contributed by atoms with E-state index in [1.54, 1.807) is 17.1 Å². The van der Waals surface area contributed by atoms with E-state index >= 15 is 0 Å². The molecule has 3 aromatic carbocycles. The van der Waals surface area contributed by atoms with E-state index in [1.807, 2.05) is 30.3 Å². The van der Waals surface area contributed by atoms with Crippen LogP contribution in [0, 0.1) is 0 Å². The van der Waals surface area contributed by atoms with Crippen molar-refractivity contribution in [2.45, 2.75) is 38.5 Å². The normalized spacial score (nSPS) is 12.1. The fourth-order valence-corrected chi connectivity index (χ4v) is 3.85. The lowest BCUT2D eigenvalue weighted by atomic mass is 9.99. The molecule has 5 heteroatoms. The minimum absolute atomic E-state index is 0.0361. The molecule has 0 aliphatic carbocycles. The monoisotopic (exact) mass is 414 g/mol. The fraction of sp³-hybridized carbons (Fsp3) is 0.231. The van der Waals surface area contributed by atoms with Gasteiger partial charge in [-0.1, -0.05) is 72.8 Å². The first-order valence-corrected chi connectivity index (χ1v) is 10.6. The molecule has 0 saturated carbocycles. The standard InChI is InChI=1S/C26H26N2O3/c29-26(30)25-17-28(19-27-25)16-23(31-18-20-8-2-1-3-9-20)14-7-13-22-12-6-11-21-10-4-5-15-24(21)22/h1-6,8-12,15,17,19,23H,7,13-14,16,18H2,(H,29,30)/t23-/m0/s1. The molecule has 1 atom stereocenters. The summed E-state index contributed by atoms with van der Waals surface area (Å²) in [7, 11) is 0. The molecule has 1 N–H and O–H groups in total. The van der Waals surface area contributed by atoms with E-state index in [4.69, 9.17) is 9.84 Å². The highest BCUT2D eigenvalue weighted by Gasteiger charge is 2.14. The number of rotatable bonds is 10. The second-order valence-electron chi connectivity index (χ2n) is 7.71. The minimum atomic E-state index is -1.02. The lowest BCUT2D eigenvalue weighted by Gasteiger charge is -2.19. The Bertz CT molecular complexity index is 1130. The van der Waals surface area contributed by atoms with Crippen LogP contribution in [0.25, 0.3) is 10.8 Å². The van der Waals surface area contributed by atoms with Gasteiger partial charge in [-0.05, 0) is 41.2 Å². The molecule has 0 aliphatic heterocycles. The molecule has 4 rings (SSSR count). The molecule has 0 amide bonds. The van der Waals surface area contributed by atoms with Gasteiger partial charge in [0, 0.05) is 12.7 Å². The van der Waals surface area contributed by atoms with E-state index in [0.29, 0.717) is 13.2 Å². The summed E-state index contributed by atoms with van der Waals surface area (Å²) >= 11 is 0. The number of carboxylic acids is 1. The molecule has 1 heterocycles. The highest BCUT2D eigenvalue weighted by Crippen LogP contribution is 2.21. The van der Waals surface area contributed by atoms with Crippen molar-refractivity contribution in [1.29, 1.82) is 0 Å². The number of carboxylic acid groups (broad SMARTS) is 1. The highest BCUT2D eigenvalue weighted by atomic mass is 16.5. The molecule has 0 spiro atoms. The van der Waals surface area contributed by atoms with Crippen molar-refractivity contribution in [2.24, 2.45) is 0 Å². The quantitative estimate of drug-likeness (QED) is 0.380. The van der Waals surface area contributed by atoms with Crippen molar-refractivity contribution in [3.05, 3.63) is 102 Å². The third-order valence-corrected chi connectivity index (χ3v) is 5.45. The Kier molecular flexibility index (Phi) is 6.75. The molecule has 1 aromatic heterocycles. The van der Waals surface area contributed by atoms with Crippen LogP contribution in [0.3, 0.4) is 0 Å². The van der Waals surface area contributed by atoms with E-state index in [1.165, 1.54) is 16.3 Å². The van der Waals surface area contributed by atoms with Gasteiger partial charge in [-0.25, -0.2) is 9.78 Å². The first kappa shape index (κ1) is 20.8. The number of aromatic nitrogens is 2. The molecule has 5 nitrogen and oxygen atoms in total. The van der Waals surface area contributed by atoms with Crippen molar-refractivity contribution in [2.75, 3.05) is 0 Å². The Morgan fingerprint density at radius 1 is 1.00 bits per heavy atom. The fourth-order valence-electron chi connectivity index (χ4n) is 3.85. The van der Waals surface area contributed by atoms with Crippen molar-refractivity contribution in [1.82, 2.24) is 9.55 Å². The van der Waals surface area contributed by atoms with Crippen molar-refractivity contribution in [3.8, 4) is 0 Å². The number of nitrogens with zero attached hydrogens (tertiary/aromatic N) is 2. The highest BCUT2D eigenvalue weighted by molar-refractivity contribution is 5.85. The first-order chi connectivity index (χ1) is 15.2. The Labute approximate surface area is 181 Å². The maximum atomic E-state index is 11.1. The number of benzene rings is 3. The van der Waals surface area contributed by atoms with Gasteiger partial charge < -0.3 is 14.4 Å². The number of fused-ring (bicyclic) bond motifs is 1. The number of aromatic carboxylic acids is 1. The summed E-state index contributed by atoms with van der Waals surface area (Å²) < 4.78 is 8.03. The van der Waals surface area contributed by atoms with E-state index in [9.17, 15) is 4.79 Å². The van der Waals surface area contributed by atoms with Gasteiger partial charge in [0.1, 0.15) is 0 Å². The second-order valence-corrected chi connectivity index (χ2v) is 7.71. The van der Waals surface area contributed by atoms with Crippen LogP contribution in [0.1, 0.15) is 34.5 Å². The lowest BCUT2D eigenvalue weighted by molar-refractivity contribution is 0.0225. The van der Waals surface area contributed by atoms with Gasteiger partial charge in [-0.15, -0.1) is 0 Å². The summed E-state index contributed by atoms with van der Waals surface area (Å²) in [5, 5.41) is 11.7. The second kappa shape index (κ2) is 10.0. The molecule has 0 unspecified atom stereocenters. The summed E-state index contributed by atoms with van der Waals surface area (Å²) in [6, 6.07) is 25.0. The molecule has 0 bridgehead atoms. The van der Waals surface area contributed by atoms with E-state index in [2.05, 4.69) is 47.4 Å². The van der Waals surface area contributed by atoms with Gasteiger partial charge in [0.15, 0.2) is 5.69 Å². The summed E-state index contributed by atoms with van der Waals surface area (Å²) in [5.74, 6) is -1.02. The van der Waals surface area contributed by atoms with Gasteiger partial charge in [0.2, 0.25) is 0 Å². The third kappa shape index (κ3) is 5.58. The van der Waals surface area contributed by atoms with Crippen molar-refractivity contribution < 1.29 is 14.6 Å². The number of carbonyl (C=O) groups is 1. The zero-order valence-corrected chi connectivity index (χ0v) is 17.4. The summed E-state index contributed by atoms with van der Waals surface area (Å²) in [6.45, 7) is 1.10. The van der Waals surface area contributed by atoms with Crippen LogP contribution >= 0.6 is 0 Å². The summed E-state index contributed by atoms with van der Waals surface area (Å²) in [5.41, 5.74) is 2.52. The minimum Gasteiger partial charge on any atom is -0.476 e. The van der Waals surface area contributed by atoms with Gasteiger partial charge in [-0.3, -0.25) is 0 Å². The molecule has 0 fully saturated rings. The van der Waals surface area contributed by atoms with Crippen LogP contribution in [-0.4, -0.2) is 26.7 Å². The first-order valence-electron chi connectivity index (χ1n) is 10.6. The van der Waals surface area contributed by atoms with Crippen molar-refractivity contribution >= 4 is 16.7 Å². The smallest absolute Gasteiger partial charge is 0.356 e. The van der Waals surface area contributed by atoms with Gasteiger partial charge in [-0.2, -0.15) is 0 Å². The number of imidazole rings is 1. The maximum absolute atomic E-state index is 11.1. The molecular formula is C26H26N2O3. The van der Waals surface area contributed by atoms with Gasteiger partial charge >= 0.3 is 5.97 Å². The Hall–Kier alpha value is -3.44. The number of hydrogen-bond acceptors (Lipinski definition) is 3. The van der Waals surface area contributed by atoms with Crippen LogP contribution < -0.4 is 0 Å². The average molecular weight is 415 g/mol. The topological polar surface area (TPSA) is 64.3 Å². The average Bonchev–Trinajstić information content (AvgIpc) is 3.27. The Morgan fingerprint density at radius 2 is 1.77 bits per heavy atom. The lowest BCUT2D eigenvalue weighted by Crippen LogP contribution is -2.20. The maximum Gasteiger partial charge on any atom is 0.356 e. The molecule has 0 saturated heterocycles. The van der Waals surface area contributed by atoms with Crippen LogP contribution in [0.2, 0.25) is 0 Å². The predicted octanol–water partition coefficient (Wildman–Crippen LogP) is 5.34. The Morgan fingerprint density at radius 3 is 2.58 bits per heavy atom. The number of ether oxygens (including phenoxy) is 1. The Balaban J connectivity index is 1.41. The van der Waals surface area contributed by atoms with E-state index < -0.39 is 5.97 Å². The molecule has 4 aromatic rings. The molecule has 0 aliphatic rings. The molecule has 31 heavy (non-hydrogen) atoms. The van der Waals surface area contributed by atoms with Gasteiger partial charge in [0.25, 0.3) is 0 Å². The molecular weight excluding hydrogens is 388 g/mol. The van der Waals surface area contributed by atoms with E-state index in [0.717, 1.165) is 24.8 Å². The summed E-state index contributed by atoms with van der Waals surface area (Å²) in [4.78, 5) is 15.1.